The van der Waals surface area contributed by atoms with E-state index in [1.165, 1.54) is 19.3 Å². The van der Waals surface area contributed by atoms with Crippen molar-refractivity contribution >= 4 is 6.16 Å². The van der Waals surface area contributed by atoms with Crippen LogP contribution in [0.5, 0.6) is 0 Å². The number of hydrogen-bond acceptors (Lipinski definition) is 3. The van der Waals surface area contributed by atoms with Gasteiger partial charge < -0.3 is 9.47 Å². The van der Waals surface area contributed by atoms with E-state index in [4.69, 9.17) is 4.74 Å². The minimum Gasteiger partial charge on any atom is -0.430 e. The van der Waals surface area contributed by atoms with E-state index in [0.29, 0.717) is 6.61 Å². The Labute approximate surface area is 78.7 Å². The smallest absolute Gasteiger partial charge is 0.430 e. The number of ether oxygens (including phenoxy) is 2. The Morgan fingerprint density at radius 3 is 3.00 bits per heavy atom. The quantitative estimate of drug-likeness (QED) is 0.374. The van der Waals surface area contributed by atoms with Gasteiger partial charge in [0.15, 0.2) is 6.10 Å². The second kappa shape index (κ2) is 5.62. The monoisotopic (exact) mass is 184 g/mol. The van der Waals surface area contributed by atoms with Gasteiger partial charge in [0, 0.05) is 0 Å². The first-order valence-electron chi connectivity index (χ1n) is 4.83. The van der Waals surface area contributed by atoms with Gasteiger partial charge in [-0.1, -0.05) is 25.8 Å². The van der Waals surface area contributed by atoms with Crippen LogP contribution in [0.4, 0.5) is 4.79 Å². The molecule has 74 valence electrons. The third-order valence-corrected chi connectivity index (χ3v) is 1.94. The standard InChI is InChI=1S/C10H16O3/c1-2-3-4-5-6-7-9-8-12-10(11)13-9/h6-7,9H,2-5,8H2,1H3/b7-6+. The zero-order valence-electron chi connectivity index (χ0n) is 7.99. The van der Waals surface area contributed by atoms with Crippen LogP contribution in [0, 0.1) is 0 Å². The summed E-state index contributed by atoms with van der Waals surface area (Å²) in [5.74, 6) is 0. The molecule has 3 nitrogen and oxygen atoms in total. The molecule has 1 aliphatic rings. The van der Waals surface area contributed by atoms with E-state index in [1.807, 2.05) is 6.08 Å². The van der Waals surface area contributed by atoms with Gasteiger partial charge in [0.25, 0.3) is 0 Å². The first-order valence-corrected chi connectivity index (χ1v) is 4.83. The zero-order chi connectivity index (χ0) is 9.52. The van der Waals surface area contributed by atoms with Crippen molar-refractivity contribution in [2.24, 2.45) is 0 Å². The molecule has 1 rings (SSSR count). The van der Waals surface area contributed by atoms with Crippen LogP contribution in [0.25, 0.3) is 0 Å². The highest BCUT2D eigenvalue weighted by Gasteiger charge is 2.21. The molecular formula is C10H16O3. The first kappa shape index (κ1) is 10.1. The Balaban J connectivity index is 2.06. The lowest BCUT2D eigenvalue weighted by Crippen LogP contribution is -2.04. The summed E-state index contributed by atoms with van der Waals surface area (Å²) in [5, 5.41) is 0. The Morgan fingerprint density at radius 2 is 2.38 bits per heavy atom. The van der Waals surface area contributed by atoms with Crippen molar-refractivity contribution in [2.75, 3.05) is 6.61 Å². The van der Waals surface area contributed by atoms with Crippen molar-refractivity contribution in [2.45, 2.75) is 38.7 Å². The molecule has 1 heterocycles. The summed E-state index contributed by atoms with van der Waals surface area (Å²) in [6.07, 6.45) is 8.00. The van der Waals surface area contributed by atoms with Crippen LogP contribution in [0.1, 0.15) is 32.6 Å². The number of carbonyl (C=O) groups excluding carboxylic acids is 1. The number of hydrogen-bond donors (Lipinski definition) is 0. The van der Waals surface area contributed by atoms with Crippen LogP contribution >= 0.6 is 0 Å². The Morgan fingerprint density at radius 1 is 1.54 bits per heavy atom. The van der Waals surface area contributed by atoms with Crippen molar-refractivity contribution in [3.63, 3.8) is 0 Å². The molecule has 3 heteroatoms. The number of allylic oxidation sites excluding steroid dienone is 1. The highest BCUT2D eigenvalue weighted by molar-refractivity contribution is 5.62. The van der Waals surface area contributed by atoms with Gasteiger partial charge in [-0.05, 0) is 18.9 Å². The minimum absolute atomic E-state index is 0.158. The fourth-order valence-corrected chi connectivity index (χ4v) is 1.20. The van der Waals surface area contributed by atoms with Crippen molar-refractivity contribution in [1.29, 1.82) is 0 Å². The van der Waals surface area contributed by atoms with Crippen molar-refractivity contribution < 1.29 is 14.3 Å². The minimum atomic E-state index is -0.553. The maximum absolute atomic E-state index is 10.5. The van der Waals surface area contributed by atoms with Gasteiger partial charge >= 0.3 is 6.16 Å². The predicted octanol–water partition coefficient (Wildman–Crippen LogP) is 2.66. The van der Waals surface area contributed by atoms with Crippen molar-refractivity contribution in [3.05, 3.63) is 12.2 Å². The van der Waals surface area contributed by atoms with Crippen LogP contribution in [0.15, 0.2) is 12.2 Å². The number of unbranched alkanes of at least 4 members (excludes halogenated alkanes) is 3. The second-order valence-corrected chi connectivity index (χ2v) is 3.14. The molecule has 1 saturated heterocycles. The third kappa shape index (κ3) is 3.97. The van der Waals surface area contributed by atoms with E-state index in [-0.39, 0.29) is 6.10 Å². The van der Waals surface area contributed by atoms with E-state index in [9.17, 15) is 4.79 Å². The SMILES string of the molecule is CCCCC/C=C/C1COC(=O)O1. The molecule has 1 aliphatic heterocycles. The lowest BCUT2D eigenvalue weighted by molar-refractivity contribution is 0.125. The number of carbonyl (C=O) groups is 1. The van der Waals surface area contributed by atoms with Crippen LogP contribution in [0.3, 0.4) is 0 Å². The summed E-state index contributed by atoms with van der Waals surface area (Å²) in [6.45, 7) is 2.54. The molecule has 13 heavy (non-hydrogen) atoms. The Hall–Kier alpha value is -0.990. The summed E-state index contributed by atoms with van der Waals surface area (Å²) in [4.78, 5) is 10.5. The average molecular weight is 184 g/mol. The van der Waals surface area contributed by atoms with E-state index in [1.54, 1.807) is 0 Å². The molecule has 0 aliphatic carbocycles. The van der Waals surface area contributed by atoms with Crippen LogP contribution in [-0.4, -0.2) is 18.9 Å². The van der Waals surface area contributed by atoms with Gasteiger partial charge in [-0.15, -0.1) is 0 Å². The lowest BCUT2D eigenvalue weighted by atomic mass is 10.2. The van der Waals surface area contributed by atoms with Gasteiger partial charge in [-0.25, -0.2) is 4.79 Å². The third-order valence-electron chi connectivity index (χ3n) is 1.94. The average Bonchev–Trinajstić information content (AvgIpc) is 2.51. The lowest BCUT2D eigenvalue weighted by Gasteiger charge is -1.97. The van der Waals surface area contributed by atoms with E-state index < -0.39 is 6.16 Å². The highest BCUT2D eigenvalue weighted by atomic mass is 16.8. The number of rotatable bonds is 5. The molecule has 1 fully saturated rings. The molecule has 1 unspecified atom stereocenters. The summed E-state index contributed by atoms with van der Waals surface area (Å²) in [5.41, 5.74) is 0. The van der Waals surface area contributed by atoms with E-state index in [0.717, 1.165) is 6.42 Å². The molecule has 1 atom stereocenters. The predicted molar refractivity (Wildman–Crippen MR) is 49.5 cm³/mol. The molecule has 0 aromatic carbocycles. The molecule has 0 amide bonds. The molecule has 0 saturated carbocycles. The van der Waals surface area contributed by atoms with E-state index >= 15 is 0 Å². The topological polar surface area (TPSA) is 35.5 Å². The van der Waals surface area contributed by atoms with Crippen LogP contribution in [-0.2, 0) is 9.47 Å². The number of cyclic esters (lactones) is 2. The molecule has 0 bridgehead atoms. The fourth-order valence-electron chi connectivity index (χ4n) is 1.20. The summed E-state index contributed by atoms with van der Waals surface area (Å²) in [7, 11) is 0. The largest absolute Gasteiger partial charge is 0.509 e. The van der Waals surface area contributed by atoms with Crippen LogP contribution < -0.4 is 0 Å². The van der Waals surface area contributed by atoms with E-state index in [2.05, 4.69) is 17.7 Å². The van der Waals surface area contributed by atoms with Gasteiger partial charge in [0.2, 0.25) is 0 Å². The molecule has 0 aromatic heterocycles. The maximum Gasteiger partial charge on any atom is 0.509 e. The van der Waals surface area contributed by atoms with Gasteiger partial charge in [0.05, 0.1) is 0 Å². The Kier molecular flexibility index (Phi) is 4.36. The van der Waals surface area contributed by atoms with Gasteiger partial charge in [0.1, 0.15) is 6.61 Å². The van der Waals surface area contributed by atoms with Crippen LogP contribution in [0.2, 0.25) is 0 Å². The van der Waals surface area contributed by atoms with Gasteiger partial charge in [-0.3, -0.25) is 0 Å². The van der Waals surface area contributed by atoms with Gasteiger partial charge in [-0.2, -0.15) is 0 Å². The summed E-state index contributed by atoms with van der Waals surface area (Å²) >= 11 is 0. The molecule has 0 spiro atoms. The molecule has 0 N–H and O–H groups in total. The van der Waals surface area contributed by atoms with Crippen molar-refractivity contribution in [1.82, 2.24) is 0 Å². The highest BCUT2D eigenvalue weighted by Crippen LogP contribution is 2.08. The second-order valence-electron chi connectivity index (χ2n) is 3.14. The molecule has 0 aromatic rings. The zero-order valence-corrected chi connectivity index (χ0v) is 7.99. The van der Waals surface area contributed by atoms with Crippen molar-refractivity contribution in [3.8, 4) is 0 Å². The summed E-state index contributed by atoms with van der Waals surface area (Å²) in [6, 6.07) is 0. The fraction of sp³-hybridized carbons (Fsp3) is 0.700. The molecule has 0 radical (unpaired) electrons. The Bertz CT molecular complexity index is 187. The molecular weight excluding hydrogens is 168 g/mol. The maximum atomic E-state index is 10.5. The normalized spacial score (nSPS) is 21.9. The first-order chi connectivity index (χ1) is 6.33. The summed E-state index contributed by atoms with van der Waals surface area (Å²) < 4.78 is 9.45.